The van der Waals surface area contributed by atoms with Crippen molar-refractivity contribution in [3.8, 4) is 0 Å². The minimum Gasteiger partial charge on any atom is -0.444 e. The number of nitrogens with one attached hydrogen (secondary N) is 2. The molecule has 2 atom stereocenters. The van der Waals surface area contributed by atoms with E-state index in [-0.39, 0.29) is 30.9 Å². The molecule has 9 heteroatoms. The minimum absolute atomic E-state index is 0.00764. The molecule has 1 aromatic carbocycles. The average molecular weight is 454 g/mol. The Bertz CT molecular complexity index is 764. The van der Waals surface area contributed by atoms with Crippen LogP contribution >= 0.6 is 12.6 Å². The standard InChI is InChI=1S/C22H35N3O5S/c1-14(2)23-19(27)18(16-10-8-7-9-15(16)3)25(11-12-26)20(28)17(13-31)24-21(29)30-22(4,5)6/h7-10,14,17-18,26,31H,11-13H2,1-6H3,(H,23,27)(H,24,29). The number of nitrogens with zero attached hydrogens (tertiary/aromatic N) is 1. The summed E-state index contributed by atoms with van der Waals surface area (Å²) in [6.45, 7) is 10.2. The maximum absolute atomic E-state index is 13.4. The van der Waals surface area contributed by atoms with Crippen molar-refractivity contribution < 1.29 is 24.2 Å². The van der Waals surface area contributed by atoms with Crippen LogP contribution in [0.4, 0.5) is 4.79 Å². The summed E-state index contributed by atoms with van der Waals surface area (Å²) in [6, 6.07) is 5.08. The molecular weight excluding hydrogens is 418 g/mol. The molecule has 0 aromatic heterocycles. The van der Waals surface area contributed by atoms with Gasteiger partial charge in [0, 0.05) is 18.3 Å². The summed E-state index contributed by atoms with van der Waals surface area (Å²) in [7, 11) is 0. The lowest BCUT2D eigenvalue weighted by molar-refractivity contribution is -0.142. The minimum atomic E-state index is -1.04. The first-order valence-electron chi connectivity index (χ1n) is 10.3. The Kier molecular flexibility index (Phi) is 10.3. The molecule has 174 valence electrons. The van der Waals surface area contributed by atoms with Gasteiger partial charge in [-0.2, -0.15) is 12.6 Å². The van der Waals surface area contributed by atoms with E-state index in [9.17, 15) is 19.5 Å². The van der Waals surface area contributed by atoms with Crippen molar-refractivity contribution in [1.29, 1.82) is 0 Å². The Balaban J connectivity index is 3.32. The zero-order valence-electron chi connectivity index (χ0n) is 19.1. The predicted octanol–water partition coefficient (Wildman–Crippen LogP) is 2.20. The second-order valence-electron chi connectivity index (χ2n) is 8.56. The Morgan fingerprint density at radius 3 is 2.26 bits per heavy atom. The summed E-state index contributed by atoms with van der Waals surface area (Å²) >= 11 is 4.21. The van der Waals surface area contributed by atoms with Crippen molar-refractivity contribution in [3.05, 3.63) is 35.4 Å². The molecule has 0 bridgehead atoms. The van der Waals surface area contributed by atoms with Crippen LogP contribution in [0.2, 0.25) is 0 Å². The largest absolute Gasteiger partial charge is 0.444 e. The number of carbonyl (C=O) groups excluding carboxylic acids is 3. The Hall–Kier alpha value is -2.26. The van der Waals surface area contributed by atoms with Gasteiger partial charge in [0.2, 0.25) is 11.8 Å². The Morgan fingerprint density at radius 1 is 1.16 bits per heavy atom. The van der Waals surface area contributed by atoms with Gasteiger partial charge < -0.3 is 25.4 Å². The van der Waals surface area contributed by atoms with E-state index < -0.39 is 29.7 Å². The number of hydrogen-bond donors (Lipinski definition) is 4. The van der Waals surface area contributed by atoms with E-state index in [1.807, 2.05) is 32.9 Å². The summed E-state index contributed by atoms with van der Waals surface area (Å²) < 4.78 is 5.24. The molecule has 3 amide bonds. The number of carbonyl (C=O) groups is 3. The van der Waals surface area contributed by atoms with Crippen LogP contribution in [0.3, 0.4) is 0 Å². The van der Waals surface area contributed by atoms with Crippen molar-refractivity contribution in [2.75, 3.05) is 18.9 Å². The van der Waals surface area contributed by atoms with Gasteiger partial charge in [-0.05, 0) is 52.7 Å². The highest BCUT2D eigenvalue weighted by atomic mass is 32.1. The lowest BCUT2D eigenvalue weighted by Crippen LogP contribution is -2.55. The molecule has 1 aromatic rings. The maximum Gasteiger partial charge on any atom is 0.408 e. The molecule has 0 heterocycles. The summed E-state index contributed by atoms with van der Waals surface area (Å²) in [6.07, 6.45) is -0.761. The van der Waals surface area contributed by atoms with Crippen LogP contribution in [0.5, 0.6) is 0 Å². The number of aliphatic hydroxyl groups excluding tert-OH is 1. The van der Waals surface area contributed by atoms with Gasteiger partial charge in [0.05, 0.1) is 6.61 Å². The lowest BCUT2D eigenvalue weighted by Gasteiger charge is -2.34. The zero-order valence-corrected chi connectivity index (χ0v) is 20.0. The molecule has 0 spiro atoms. The van der Waals surface area contributed by atoms with Crippen LogP contribution in [-0.4, -0.2) is 64.5 Å². The number of benzene rings is 1. The van der Waals surface area contributed by atoms with E-state index in [1.54, 1.807) is 32.9 Å². The van der Waals surface area contributed by atoms with Crippen molar-refractivity contribution in [2.45, 2.75) is 65.3 Å². The number of ether oxygens (including phenoxy) is 1. The van der Waals surface area contributed by atoms with Gasteiger partial charge in [-0.25, -0.2) is 4.79 Å². The summed E-state index contributed by atoms with van der Waals surface area (Å²) in [5.74, 6) is -0.921. The summed E-state index contributed by atoms with van der Waals surface area (Å²) in [4.78, 5) is 40.0. The van der Waals surface area contributed by atoms with E-state index in [2.05, 4.69) is 23.3 Å². The predicted molar refractivity (Wildman–Crippen MR) is 123 cm³/mol. The molecule has 31 heavy (non-hydrogen) atoms. The fourth-order valence-corrected chi connectivity index (χ4v) is 3.26. The number of aryl methyl sites for hydroxylation is 1. The van der Waals surface area contributed by atoms with Gasteiger partial charge in [-0.3, -0.25) is 9.59 Å². The Labute approximate surface area is 190 Å². The van der Waals surface area contributed by atoms with Gasteiger partial charge in [-0.15, -0.1) is 0 Å². The molecule has 0 aliphatic heterocycles. The highest BCUT2D eigenvalue weighted by Crippen LogP contribution is 2.25. The van der Waals surface area contributed by atoms with Crippen LogP contribution in [0.15, 0.2) is 24.3 Å². The third-order valence-corrected chi connectivity index (χ3v) is 4.63. The number of hydrogen-bond acceptors (Lipinski definition) is 6. The first-order chi connectivity index (χ1) is 14.4. The molecule has 0 saturated heterocycles. The third kappa shape index (κ3) is 8.41. The quantitative estimate of drug-likeness (QED) is 0.429. The number of amides is 3. The second kappa shape index (κ2) is 12.0. The van der Waals surface area contributed by atoms with Crippen LogP contribution in [-0.2, 0) is 14.3 Å². The van der Waals surface area contributed by atoms with E-state index in [0.717, 1.165) is 5.56 Å². The highest BCUT2D eigenvalue weighted by molar-refractivity contribution is 7.80. The molecule has 0 aliphatic carbocycles. The molecule has 1 rings (SSSR count). The number of alkyl carbamates (subject to hydrolysis) is 1. The second-order valence-corrected chi connectivity index (χ2v) is 8.92. The molecule has 0 saturated carbocycles. The fraction of sp³-hybridized carbons (Fsp3) is 0.591. The maximum atomic E-state index is 13.4. The van der Waals surface area contributed by atoms with E-state index in [4.69, 9.17) is 4.74 Å². The van der Waals surface area contributed by atoms with Gasteiger partial charge in [0.15, 0.2) is 0 Å². The average Bonchev–Trinajstić information content (AvgIpc) is 2.64. The topological polar surface area (TPSA) is 108 Å². The SMILES string of the molecule is Cc1ccccc1C(C(=O)NC(C)C)N(CCO)C(=O)C(CS)NC(=O)OC(C)(C)C. The van der Waals surface area contributed by atoms with Crippen LogP contribution in [0.1, 0.15) is 51.8 Å². The Morgan fingerprint density at radius 2 is 1.77 bits per heavy atom. The molecule has 0 radical (unpaired) electrons. The first-order valence-corrected chi connectivity index (χ1v) is 10.9. The zero-order chi connectivity index (χ0) is 23.8. The summed E-state index contributed by atoms with van der Waals surface area (Å²) in [5, 5.41) is 15.0. The molecule has 0 aliphatic rings. The van der Waals surface area contributed by atoms with Gasteiger partial charge in [0.1, 0.15) is 17.7 Å². The molecule has 0 fully saturated rings. The smallest absolute Gasteiger partial charge is 0.408 e. The van der Waals surface area contributed by atoms with Gasteiger partial charge in [0.25, 0.3) is 0 Å². The van der Waals surface area contributed by atoms with E-state index in [0.29, 0.717) is 5.56 Å². The van der Waals surface area contributed by atoms with E-state index in [1.165, 1.54) is 4.90 Å². The van der Waals surface area contributed by atoms with Crippen LogP contribution < -0.4 is 10.6 Å². The van der Waals surface area contributed by atoms with Gasteiger partial charge >= 0.3 is 6.09 Å². The van der Waals surface area contributed by atoms with Crippen molar-refractivity contribution in [3.63, 3.8) is 0 Å². The lowest BCUT2D eigenvalue weighted by atomic mass is 9.98. The molecule has 2 unspecified atom stereocenters. The van der Waals surface area contributed by atoms with Crippen LogP contribution in [0, 0.1) is 6.92 Å². The number of aliphatic hydroxyl groups is 1. The fourth-order valence-electron chi connectivity index (χ4n) is 3.02. The monoisotopic (exact) mass is 453 g/mol. The summed E-state index contributed by atoms with van der Waals surface area (Å²) in [5.41, 5.74) is 0.724. The van der Waals surface area contributed by atoms with E-state index >= 15 is 0 Å². The normalized spacial score (nSPS) is 13.3. The number of thiol groups is 1. The number of rotatable bonds is 9. The molecular formula is C22H35N3O5S. The van der Waals surface area contributed by atoms with Crippen molar-refractivity contribution in [1.82, 2.24) is 15.5 Å². The first kappa shape index (κ1) is 26.8. The third-order valence-electron chi connectivity index (χ3n) is 4.27. The molecule has 8 nitrogen and oxygen atoms in total. The van der Waals surface area contributed by atoms with Crippen LogP contribution in [0.25, 0.3) is 0 Å². The molecule has 3 N–H and O–H groups in total. The van der Waals surface area contributed by atoms with Crippen molar-refractivity contribution >= 4 is 30.5 Å². The highest BCUT2D eigenvalue weighted by Gasteiger charge is 2.36. The van der Waals surface area contributed by atoms with Gasteiger partial charge in [-0.1, -0.05) is 24.3 Å². The van der Waals surface area contributed by atoms with Crippen molar-refractivity contribution in [2.24, 2.45) is 0 Å².